The van der Waals surface area contributed by atoms with E-state index in [4.69, 9.17) is 5.10 Å². The number of amides is 1. The van der Waals surface area contributed by atoms with Gasteiger partial charge in [0.25, 0.3) is 5.91 Å². The maximum Gasteiger partial charge on any atom is 0.251 e. The summed E-state index contributed by atoms with van der Waals surface area (Å²) in [7, 11) is 1.58. The number of hydrogen-bond donors (Lipinski definition) is 1. The molecule has 0 aliphatic rings. The molecule has 0 bridgehead atoms. The van der Waals surface area contributed by atoms with E-state index in [1.54, 1.807) is 36.0 Å². The molecule has 0 aliphatic heterocycles. The molecule has 1 amide bonds. The fourth-order valence-electron chi connectivity index (χ4n) is 4.48. The number of benzene rings is 1. The normalized spacial score (nSPS) is 11.3. The summed E-state index contributed by atoms with van der Waals surface area (Å²) in [6, 6.07) is 15.3. The van der Waals surface area contributed by atoms with Crippen molar-refractivity contribution in [3.8, 4) is 0 Å². The zero-order valence-corrected chi connectivity index (χ0v) is 19.9. The van der Waals surface area contributed by atoms with Crippen molar-refractivity contribution in [2.75, 3.05) is 7.05 Å². The predicted octanol–water partition coefficient (Wildman–Crippen LogP) is 3.78. The maximum absolute atomic E-state index is 13.4. The summed E-state index contributed by atoms with van der Waals surface area (Å²) in [5, 5.41) is 8.48. The van der Waals surface area contributed by atoms with Crippen molar-refractivity contribution in [3.05, 3.63) is 94.8 Å². The highest BCUT2D eigenvalue weighted by Crippen LogP contribution is 2.26. The molecule has 8 nitrogen and oxygen atoms in total. The van der Waals surface area contributed by atoms with Gasteiger partial charge in [-0.2, -0.15) is 5.10 Å². The molecule has 0 saturated carbocycles. The van der Waals surface area contributed by atoms with Gasteiger partial charge in [0.05, 0.1) is 29.6 Å². The van der Waals surface area contributed by atoms with Crippen molar-refractivity contribution < 1.29 is 9.59 Å². The van der Waals surface area contributed by atoms with Crippen LogP contribution in [0.4, 0.5) is 0 Å². The third-order valence-electron chi connectivity index (χ3n) is 6.17. The van der Waals surface area contributed by atoms with Crippen molar-refractivity contribution in [3.63, 3.8) is 0 Å². The number of imidazole rings is 1. The molecule has 35 heavy (non-hydrogen) atoms. The van der Waals surface area contributed by atoms with Crippen LogP contribution < -0.4 is 5.32 Å². The summed E-state index contributed by atoms with van der Waals surface area (Å²) in [6.45, 7) is 4.62. The monoisotopic (exact) mass is 466 g/mol. The van der Waals surface area contributed by atoms with E-state index in [0.717, 1.165) is 40.0 Å². The first-order chi connectivity index (χ1) is 17.0. The number of carbonyl (C=O) groups excluding carboxylic acids is 2. The predicted molar refractivity (Wildman–Crippen MR) is 134 cm³/mol. The van der Waals surface area contributed by atoms with E-state index in [-0.39, 0.29) is 18.1 Å². The molecule has 1 aromatic carbocycles. The Balaban J connectivity index is 1.49. The Kier molecular flexibility index (Phi) is 5.86. The van der Waals surface area contributed by atoms with Gasteiger partial charge in [0.15, 0.2) is 5.78 Å². The van der Waals surface area contributed by atoms with E-state index in [2.05, 4.69) is 22.2 Å². The molecule has 0 spiro atoms. The number of aromatic nitrogens is 5. The Labute approximate surface area is 202 Å². The van der Waals surface area contributed by atoms with E-state index in [1.807, 2.05) is 48.0 Å². The quantitative estimate of drug-likeness (QED) is 0.369. The Morgan fingerprint density at radius 2 is 1.91 bits per heavy atom. The Bertz CT molecular complexity index is 1580. The fourth-order valence-corrected chi connectivity index (χ4v) is 4.48. The first kappa shape index (κ1) is 22.5. The van der Waals surface area contributed by atoms with Gasteiger partial charge in [-0.05, 0) is 49.2 Å². The van der Waals surface area contributed by atoms with Crippen LogP contribution in [0.2, 0.25) is 0 Å². The van der Waals surface area contributed by atoms with Gasteiger partial charge < -0.3 is 5.32 Å². The second kappa shape index (κ2) is 9.13. The molecule has 176 valence electrons. The lowest BCUT2D eigenvalue weighted by Crippen LogP contribution is -2.18. The topological polar surface area (TPSA) is 94.2 Å². The number of hydrogen-bond acceptors (Lipinski definition) is 5. The summed E-state index contributed by atoms with van der Waals surface area (Å²) >= 11 is 0. The summed E-state index contributed by atoms with van der Waals surface area (Å²) in [5.41, 5.74) is 6.34. The van der Waals surface area contributed by atoms with Crippen LogP contribution in [0.25, 0.3) is 16.6 Å². The van der Waals surface area contributed by atoms with Crippen LogP contribution in [0.1, 0.15) is 50.4 Å². The smallest absolute Gasteiger partial charge is 0.251 e. The second-order valence-electron chi connectivity index (χ2n) is 8.51. The van der Waals surface area contributed by atoms with Gasteiger partial charge in [-0.3, -0.25) is 23.7 Å². The van der Waals surface area contributed by atoms with Crippen molar-refractivity contribution in [1.82, 2.24) is 29.5 Å². The van der Waals surface area contributed by atoms with Crippen LogP contribution in [0.5, 0.6) is 0 Å². The molecule has 0 atom stereocenters. The third-order valence-corrected chi connectivity index (χ3v) is 6.17. The van der Waals surface area contributed by atoms with Crippen molar-refractivity contribution >= 4 is 28.2 Å². The number of pyridine rings is 2. The van der Waals surface area contributed by atoms with Gasteiger partial charge in [0.2, 0.25) is 0 Å². The highest BCUT2D eigenvalue weighted by molar-refractivity contribution is 6.00. The van der Waals surface area contributed by atoms with Crippen LogP contribution in [0.15, 0.2) is 60.9 Å². The molecule has 4 aromatic heterocycles. The van der Waals surface area contributed by atoms with Gasteiger partial charge in [0, 0.05) is 36.3 Å². The lowest BCUT2D eigenvalue weighted by molar-refractivity contribution is 0.0961. The first-order valence-electron chi connectivity index (χ1n) is 11.6. The van der Waals surface area contributed by atoms with Crippen molar-refractivity contribution in [2.24, 2.45) is 0 Å². The highest BCUT2D eigenvalue weighted by Gasteiger charge is 2.19. The number of Topliss-reactive ketones (excluding diaryl/α,β-unsaturated/α-hetero) is 1. The van der Waals surface area contributed by atoms with Crippen molar-refractivity contribution in [2.45, 2.75) is 33.2 Å². The fraction of sp³-hybridized carbons (Fsp3) is 0.222. The van der Waals surface area contributed by atoms with Crippen LogP contribution in [-0.2, 0) is 19.4 Å². The molecule has 0 saturated heterocycles. The lowest BCUT2D eigenvalue weighted by Gasteiger charge is -2.07. The molecule has 1 N–H and O–H groups in total. The van der Waals surface area contributed by atoms with Crippen LogP contribution in [0.3, 0.4) is 0 Å². The first-order valence-corrected chi connectivity index (χ1v) is 11.6. The number of nitrogens with zero attached hydrogens (tertiary/aromatic N) is 5. The molecule has 0 fully saturated rings. The average Bonchev–Trinajstić information content (AvgIpc) is 3.45. The summed E-state index contributed by atoms with van der Waals surface area (Å²) in [5.74, 6) is -0.243. The summed E-state index contributed by atoms with van der Waals surface area (Å²) in [4.78, 5) is 34.3. The second-order valence-corrected chi connectivity index (χ2v) is 8.51. The van der Waals surface area contributed by atoms with E-state index in [9.17, 15) is 9.59 Å². The van der Waals surface area contributed by atoms with Gasteiger partial charge >= 0.3 is 0 Å². The molecule has 5 rings (SSSR count). The van der Waals surface area contributed by atoms with E-state index < -0.39 is 0 Å². The van der Waals surface area contributed by atoms with Crippen LogP contribution >= 0.6 is 0 Å². The number of fused-ring (bicyclic) bond motifs is 2. The van der Waals surface area contributed by atoms with E-state index in [0.29, 0.717) is 23.4 Å². The van der Waals surface area contributed by atoms with E-state index in [1.165, 1.54) is 0 Å². The molecule has 0 aliphatic carbocycles. The third kappa shape index (κ3) is 4.19. The van der Waals surface area contributed by atoms with Crippen LogP contribution in [0, 0.1) is 6.92 Å². The standard InChI is InChI=1S/C27H26N6O2/c1-4-21-26-18(8-6-10-22(26)33(31-21)16-20-9-5-7-17(2)30-20)13-24(34)23-15-29-25-14-19(27(35)28-3)11-12-32(23)25/h5-12,14-15H,4,13,16H2,1-3H3,(H,28,35). The molecular formula is C27H26N6O2. The minimum Gasteiger partial charge on any atom is -0.355 e. The molecule has 8 heteroatoms. The van der Waals surface area contributed by atoms with Gasteiger partial charge in [-0.25, -0.2) is 4.98 Å². The molecule has 0 unspecified atom stereocenters. The molecule has 5 aromatic rings. The lowest BCUT2D eigenvalue weighted by atomic mass is 10.0. The molecular weight excluding hydrogens is 440 g/mol. The SMILES string of the molecule is CCc1nn(Cc2cccc(C)n2)c2cccc(CC(=O)c3cnc4cc(C(=O)NC)ccn34)c12. The molecule has 0 radical (unpaired) electrons. The number of carbonyl (C=O) groups is 2. The number of aryl methyl sites for hydroxylation is 2. The Morgan fingerprint density at radius 3 is 2.69 bits per heavy atom. The van der Waals surface area contributed by atoms with Gasteiger partial charge in [-0.1, -0.05) is 25.1 Å². The minimum atomic E-state index is -0.194. The molecule has 4 heterocycles. The van der Waals surface area contributed by atoms with Gasteiger partial charge in [-0.15, -0.1) is 0 Å². The Morgan fingerprint density at radius 1 is 1.09 bits per heavy atom. The largest absolute Gasteiger partial charge is 0.355 e. The van der Waals surface area contributed by atoms with Gasteiger partial charge in [0.1, 0.15) is 11.3 Å². The summed E-state index contributed by atoms with van der Waals surface area (Å²) < 4.78 is 3.70. The zero-order valence-electron chi connectivity index (χ0n) is 19.9. The average molecular weight is 467 g/mol. The Hall–Kier alpha value is -4.33. The summed E-state index contributed by atoms with van der Waals surface area (Å²) in [6.07, 6.45) is 4.27. The highest BCUT2D eigenvalue weighted by atomic mass is 16.1. The number of rotatable bonds is 7. The van der Waals surface area contributed by atoms with Crippen molar-refractivity contribution in [1.29, 1.82) is 0 Å². The maximum atomic E-state index is 13.4. The zero-order chi connectivity index (χ0) is 24.5. The van der Waals surface area contributed by atoms with E-state index >= 15 is 0 Å². The number of ketones is 1. The minimum absolute atomic E-state index is 0.0483. The van der Waals surface area contributed by atoms with Crippen LogP contribution in [-0.4, -0.2) is 42.9 Å². The number of nitrogens with one attached hydrogen (secondary N) is 1.